The Kier molecular flexibility index (Phi) is 10.5. The van der Waals surface area contributed by atoms with E-state index in [2.05, 4.69) is 0 Å². The summed E-state index contributed by atoms with van der Waals surface area (Å²) in [6.07, 6.45) is -0.946. The number of aliphatic hydroxyl groups is 1. The molecule has 0 bridgehead atoms. The minimum Gasteiger partial charge on any atom is -0.493 e. The number of carbonyl (C=O) groups is 1. The Morgan fingerprint density at radius 2 is 1.23 bits per heavy atom. The van der Waals surface area contributed by atoms with Gasteiger partial charge in [-0.3, -0.25) is 4.79 Å². The Bertz CT molecular complexity index is 1500. The van der Waals surface area contributed by atoms with Crippen molar-refractivity contribution in [1.82, 2.24) is 0 Å². The number of nitrogens with two attached hydrogens (primary N) is 2. The fraction of sp³-hybridized carbons (Fsp3) is 0.167. The number of halogens is 2. The van der Waals surface area contributed by atoms with E-state index in [-0.39, 0.29) is 5.78 Å². The van der Waals surface area contributed by atoms with Crippen molar-refractivity contribution in [3.8, 4) is 23.0 Å². The molecule has 0 heterocycles. The molecule has 5 N–H and O–H groups in total. The van der Waals surface area contributed by atoms with Crippen LogP contribution in [0, 0.1) is 0 Å². The van der Waals surface area contributed by atoms with Gasteiger partial charge in [0.25, 0.3) is 0 Å². The normalized spacial score (nSPS) is 11.1. The van der Waals surface area contributed by atoms with Gasteiger partial charge < -0.3 is 35.5 Å². The smallest absolute Gasteiger partial charge is 0.199 e. The van der Waals surface area contributed by atoms with Crippen molar-refractivity contribution < 1.29 is 28.8 Å². The van der Waals surface area contributed by atoms with Gasteiger partial charge in [-0.25, -0.2) is 0 Å². The predicted octanol–water partition coefficient (Wildman–Crippen LogP) is 6.19. The summed E-state index contributed by atoms with van der Waals surface area (Å²) < 4.78 is 21.0. The van der Waals surface area contributed by atoms with E-state index in [4.69, 9.17) is 53.6 Å². The summed E-state index contributed by atoms with van der Waals surface area (Å²) in [6.45, 7) is 0. The van der Waals surface area contributed by atoms with E-state index in [0.29, 0.717) is 66.7 Å². The second kappa shape index (κ2) is 13.8. The summed E-state index contributed by atoms with van der Waals surface area (Å²) in [7, 11) is 6.06. The van der Waals surface area contributed by atoms with E-state index < -0.39 is 6.10 Å². The molecule has 0 fully saturated rings. The van der Waals surface area contributed by atoms with E-state index >= 15 is 0 Å². The molecule has 10 heteroatoms. The average Bonchev–Trinajstić information content (AvgIpc) is 2.98. The Hall–Kier alpha value is -4.11. The van der Waals surface area contributed by atoms with Crippen LogP contribution in [-0.4, -0.2) is 39.3 Å². The summed E-state index contributed by atoms with van der Waals surface area (Å²) in [4.78, 5) is 12.6. The highest BCUT2D eigenvalue weighted by atomic mass is 35.5. The summed E-state index contributed by atoms with van der Waals surface area (Å²) in [6, 6.07) is 20.1. The zero-order valence-corrected chi connectivity index (χ0v) is 23.9. The van der Waals surface area contributed by atoms with E-state index in [1.165, 1.54) is 27.4 Å². The first-order valence-corrected chi connectivity index (χ1v) is 12.7. The monoisotopic (exact) mass is 584 g/mol. The standard InChI is InChI=1S/C15H16ClNO3.C15H14ClNO3/c2*1-19-13-5-3-4-10(15(13)20-2)14(18)11-8-9(16)6-7-12(11)17/h3-8,14,18H,17H2,1-2H3;3-8H,17H2,1-2H3/t14-;/m1./s1. The maximum Gasteiger partial charge on any atom is 0.199 e. The largest absolute Gasteiger partial charge is 0.493 e. The lowest BCUT2D eigenvalue weighted by molar-refractivity contribution is 0.103. The van der Waals surface area contributed by atoms with E-state index in [1.54, 1.807) is 73.8 Å². The van der Waals surface area contributed by atoms with Crippen LogP contribution in [-0.2, 0) is 0 Å². The number of benzene rings is 4. The predicted molar refractivity (Wildman–Crippen MR) is 158 cm³/mol. The number of hydrogen-bond acceptors (Lipinski definition) is 8. The third-order valence-electron chi connectivity index (χ3n) is 5.98. The first-order chi connectivity index (χ1) is 19.2. The van der Waals surface area contributed by atoms with E-state index in [9.17, 15) is 9.90 Å². The van der Waals surface area contributed by atoms with Crippen LogP contribution in [0.1, 0.15) is 33.2 Å². The van der Waals surface area contributed by atoms with Crippen molar-refractivity contribution in [3.05, 3.63) is 105 Å². The molecule has 0 unspecified atom stereocenters. The Morgan fingerprint density at radius 3 is 1.82 bits per heavy atom. The minimum absolute atomic E-state index is 0.263. The van der Waals surface area contributed by atoms with Gasteiger partial charge in [0.1, 0.15) is 6.10 Å². The number of rotatable bonds is 8. The van der Waals surface area contributed by atoms with Gasteiger partial charge in [-0.1, -0.05) is 41.4 Å². The lowest BCUT2D eigenvalue weighted by Gasteiger charge is -2.18. The second-order valence-corrected chi connectivity index (χ2v) is 9.23. The molecule has 0 amide bonds. The first-order valence-electron chi connectivity index (χ1n) is 11.9. The minimum atomic E-state index is -0.946. The van der Waals surface area contributed by atoms with Gasteiger partial charge in [0.2, 0.25) is 0 Å². The highest BCUT2D eigenvalue weighted by Gasteiger charge is 2.21. The summed E-state index contributed by atoms with van der Waals surface area (Å²) in [5.74, 6) is 1.62. The highest BCUT2D eigenvalue weighted by molar-refractivity contribution is 6.31. The molecule has 0 aliphatic carbocycles. The maximum atomic E-state index is 12.6. The molecule has 0 saturated heterocycles. The Morgan fingerprint density at radius 1 is 0.675 bits per heavy atom. The lowest BCUT2D eigenvalue weighted by Crippen LogP contribution is -2.08. The molecule has 4 aromatic rings. The third-order valence-corrected chi connectivity index (χ3v) is 6.45. The number of aliphatic hydroxyl groups excluding tert-OH is 1. The van der Waals surface area contributed by atoms with Gasteiger partial charge in [-0.2, -0.15) is 0 Å². The van der Waals surface area contributed by atoms with Crippen molar-refractivity contribution in [2.45, 2.75) is 6.10 Å². The fourth-order valence-electron chi connectivity index (χ4n) is 4.01. The van der Waals surface area contributed by atoms with Crippen molar-refractivity contribution in [1.29, 1.82) is 0 Å². The number of methoxy groups -OCH3 is 4. The summed E-state index contributed by atoms with van der Waals surface area (Å²) >= 11 is 11.9. The molecule has 0 spiro atoms. The van der Waals surface area contributed by atoms with Crippen molar-refractivity contribution in [2.24, 2.45) is 0 Å². The van der Waals surface area contributed by atoms with Crippen LogP contribution in [0.4, 0.5) is 11.4 Å². The van der Waals surface area contributed by atoms with Gasteiger partial charge in [0, 0.05) is 38.1 Å². The van der Waals surface area contributed by atoms with Crippen LogP contribution in [0.5, 0.6) is 23.0 Å². The molecule has 8 nitrogen and oxygen atoms in total. The highest BCUT2D eigenvalue weighted by Crippen LogP contribution is 2.39. The van der Waals surface area contributed by atoms with Crippen LogP contribution >= 0.6 is 23.2 Å². The van der Waals surface area contributed by atoms with E-state index in [0.717, 1.165) is 0 Å². The molecule has 1 atom stereocenters. The molecule has 0 aromatic heterocycles. The molecule has 210 valence electrons. The number of ketones is 1. The van der Waals surface area contributed by atoms with Crippen molar-refractivity contribution in [2.75, 3.05) is 39.9 Å². The number of carbonyl (C=O) groups excluding carboxylic acids is 1. The molecule has 0 saturated carbocycles. The Balaban J connectivity index is 0.000000220. The Labute approximate surface area is 242 Å². The molecule has 4 rings (SSSR count). The van der Waals surface area contributed by atoms with Gasteiger partial charge in [0.15, 0.2) is 28.8 Å². The van der Waals surface area contributed by atoms with Crippen LogP contribution in [0.2, 0.25) is 10.0 Å². The van der Waals surface area contributed by atoms with Crippen molar-refractivity contribution >= 4 is 40.4 Å². The van der Waals surface area contributed by atoms with E-state index in [1.807, 2.05) is 0 Å². The lowest BCUT2D eigenvalue weighted by atomic mass is 9.99. The SMILES string of the molecule is COc1cccc(C(=O)c2cc(Cl)ccc2N)c1OC.COc1cccc([C@@H](O)c2cc(Cl)ccc2N)c1OC. The zero-order chi connectivity index (χ0) is 29.4. The van der Waals surface area contributed by atoms with Crippen LogP contribution in [0.3, 0.4) is 0 Å². The quantitative estimate of drug-likeness (QED) is 0.165. The molecule has 40 heavy (non-hydrogen) atoms. The number of para-hydroxylation sites is 2. The van der Waals surface area contributed by atoms with Crippen molar-refractivity contribution in [3.63, 3.8) is 0 Å². The molecular formula is C30H30Cl2N2O6. The third kappa shape index (κ3) is 6.71. The molecular weight excluding hydrogens is 555 g/mol. The summed E-state index contributed by atoms with van der Waals surface area (Å²) in [5.41, 5.74) is 14.4. The van der Waals surface area contributed by atoms with Crippen LogP contribution in [0.15, 0.2) is 72.8 Å². The van der Waals surface area contributed by atoms with Gasteiger partial charge in [0.05, 0.1) is 34.0 Å². The van der Waals surface area contributed by atoms with Crippen LogP contribution in [0.25, 0.3) is 0 Å². The molecule has 4 aromatic carbocycles. The first kappa shape index (κ1) is 30.4. The van der Waals surface area contributed by atoms with Gasteiger partial charge >= 0.3 is 0 Å². The second-order valence-electron chi connectivity index (χ2n) is 8.36. The summed E-state index contributed by atoms with van der Waals surface area (Å²) in [5, 5.41) is 11.5. The number of nitrogen functional groups attached to an aromatic ring is 2. The number of ether oxygens (including phenoxy) is 4. The number of anilines is 2. The average molecular weight is 585 g/mol. The maximum absolute atomic E-state index is 12.6. The van der Waals surface area contributed by atoms with Crippen LogP contribution < -0.4 is 30.4 Å². The molecule has 0 aliphatic heterocycles. The zero-order valence-electron chi connectivity index (χ0n) is 22.4. The molecule has 0 radical (unpaired) electrons. The molecule has 0 aliphatic rings. The number of hydrogen-bond donors (Lipinski definition) is 3. The van der Waals surface area contributed by atoms with Gasteiger partial charge in [-0.05, 0) is 54.6 Å². The van der Waals surface area contributed by atoms with Gasteiger partial charge in [-0.15, -0.1) is 0 Å². The fourth-order valence-corrected chi connectivity index (χ4v) is 4.37. The topological polar surface area (TPSA) is 126 Å².